The van der Waals surface area contributed by atoms with Crippen LogP contribution < -0.4 is 0 Å². The lowest BCUT2D eigenvalue weighted by atomic mass is 9.97. The fourth-order valence-corrected chi connectivity index (χ4v) is 3.68. The van der Waals surface area contributed by atoms with E-state index in [1.54, 1.807) is 0 Å². The zero-order valence-corrected chi connectivity index (χ0v) is 14.2. The van der Waals surface area contributed by atoms with Crippen molar-refractivity contribution in [2.45, 2.75) is 45.2 Å². The first-order valence-electron chi connectivity index (χ1n) is 8.87. The van der Waals surface area contributed by atoms with Crippen LogP contribution in [0.5, 0.6) is 0 Å². The zero-order valence-electron chi connectivity index (χ0n) is 14.2. The van der Waals surface area contributed by atoms with Crippen molar-refractivity contribution in [2.75, 3.05) is 13.1 Å². The quantitative estimate of drug-likeness (QED) is 0.724. The van der Waals surface area contributed by atoms with E-state index in [4.69, 9.17) is 0 Å². The van der Waals surface area contributed by atoms with Crippen molar-refractivity contribution in [2.24, 2.45) is 0 Å². The molecule has 1 aliphatic heterocycles. The molecular weight excluding hydrogens is 300 g/mol. The maximum Gasteiger partial charge on any atom is 0.160 e. The van der Waals surface area contributed by atoms with Crippen molar-refractivity contribution >= 4 is 5.65 Å². The molecular formula is C18H24N6. The minimum atomic E-state index is 0.436. The molecule has 6 heteroatoms. The van der Waals surface area contributed by atoms with Gasteiger partial charge in [0.05, 0.1) is 6.54 Å². The molecule has 0 aliphatic carbocycles. The number of nitrogens with zero attached hydrogens (tertiary/aromatic N) is 6. The lowest BCUT2D eigenvalue weighted by molar-refractivity contribution is 0.189. The Hall–Kier alpha value is -2.21. The standard InChI is InChI=1S/C18H24N6/c1-2-9-23-12-8-19-17(23)14-22-10-5-6-15(13-22)18-21-20-16-7-3-4-11-24(16)18/h3-4,7-8,11-12,15H,2,5-6,9-10,13-14H2,1H3. The number of hydrogen-bond acceptors (Lipinski definition) is 4. The molecule has 4 heterocycles. The minimum absolute atomic E-state index is 0.436. The summed E-state index contributed by atoms with van der Waals surface area (Å²) in [6.45, 7) is 6.32. The van der Waals surface area contributed by atoms with Gasteiger partial charge in [0.25, 0.3) is 0 Å². The van der Waals surface area contributed by atoms with Gasteiger partial charge in [-0.15, -0.1) is 10.2 Å². The van der Waals surface area contributed by atoms with Crippen molar-refractivity contribution in [3.05, 3.63) is 48.4 Å². The third-order valence-electron chi connectivity index (χ3n) is 4.84. The van der Waals surface area contributed by atoms with Gasteiger partial charge in [0.2, 0.25) is 0 Å². The summed E-state index contributed by atoms with van der Waals surface area (Å²) in [4.78, 5) is 7.06. The van der Waals surface area contributed by atoms with Crippen LogP contribution in [0.15, 0.2) is 36.8 Å². The molecule has 0 N–H and O–H groups in total. The first-order chi connectivity index (χ1) is 11.8. The third-order valence-corrected chi connectivity index (χ3v) is 4.84. The van der Waals surface area contributed by atoms with Gasteiger partial charge in [-0.2, -0.15) is 0 Å². The summed E-state index contributed by atoms with van der Waals surface area (Å²) < 4.78 is 4.41. The molecule has 0 bridgehead atoms. The maximum atomic E-state index is 4.55. The Balaban J connectivity index is 1.50. The van der Waals surface area contributed by atoms with Crippen molar-refractivity contribution in [3.63, 3.8) is 0 Å². The average molecular weight is 324 g/mol. The molecule has 0 radical (unpaired) electrons. The summed E-state index contributed by atoms with van der Waals surface area (Å²) in [6.07, 6.45) is 9.58. The number of pyridine rings is 1. The summed E-state index contributed by atoms with van der Waals surface area (Å²) >= 11 is 0. The number of piperidine rings is 1. The molecule has 3 aromatic rings. The molecule has 1 aliphatic rings. The van der Waals surface area contributed by atoms with Crippen LogP contribution >= 0.6 is 0 Å². The Labute approximate surface area is 142 Å². The summed E-state index contributed by atoms with van der Waals surface area (Å²) in [5.41, 5.74) is 0.933. The van der Waals surface area contributed by atoms with E-state index in [-0.39, 0.29) is 0 Å². The van der Waals surface area contributed by atoms with E-state index in [0.29, 0.717) is 5.92 Å². The van der Waals surface area contributed by atoms with Crippen molar-refractivity contribution in [1.82, 2.24) is 29.0 Å². The summed E-state index contributed by atoms with van der Waals surface area (Å²) in [5, 5.41) is 8.77. The monoisotopic (exact) mass is 324 g/mol. The number of imidazole rings is 1. The number of hydrogen-bond donors (Lipinski definition) is 0. The highest BCUT2D eigenvalue weighted by molar-refractivity contribution is 5.37. The van der Waals surface area contributed by atoms with Gasteiger partial charge < -0.3 is 4.57 Å². The van der Waals surface area contributed by atoms with Crippen LogP contribution in [0.1, 0.15) is 43.8 Å². The third kappa shape index (κ3) is 2.94. The van der Waals surface area contributed by atoms with Gasteiger partial charge in [0.15, 0.2) is 5.65 Å². The molecule has 1 atom stereocenters. The van der Waals surface area contributed by atoms with E-state index in [1.165, 1.54) is 18.7 Å². The molecule has 1 unspecified atom stereocenters. The van der Waals surface area contributed by atoms with Crippen LogP contribution in [0.2, 0.25) is 0 Å². The van der Waals surface area contributed by atoms with Gasteiger partial charge in [-0.1, -0.05) is 13.0 Å². The predicted octanol–water partition coefficient (Wildman–Crippen LogP) is 2.72. The van der Waals surface area contributed by atoms with E-state index in [0.717, 1.165) is 44.1 Å². The highest BCUT2D eigenvalue weighted by Gasteiger charge is 2.25. The zero-order chi connectivity index (χ0) is 16.4. The second-order valence-electron chi connectivity index (χ2n) is 6.60. The molecule has 0 spiro atoms. The average Bonchev–Trinajstić information content (AvgIpc) is 3.23. The number of aryl methyl sites for hydroxylation is 1. The molecule has 0 amide bonds. The second kappa shape index (κ2) is 6.73. The molecule has 0 saturated carbocycles. The number of likely N-dealkylation sites (tertiary alicyclic amines) is 1. The lowest BCUT2D eigenvalue weighted by Crippen LogP contribution is -2.35. The Morgan fingerprint density at radius 1 is 1.21 bits per heavy atom. The first kappa shape index (κ1) is 15.3. The normalized spacial score (nSPS) is 19.1. The minimum Gasteiger partial charge on any atom is -0.334 e. The van der Waals surface area contributed by atoms with Crippen LogP contribution in [0.3, 0.4) is 0 Å². The van der Waals surface area contributed by atoms with Gasteiger partial charge in [-0.25, -0.2) is 4.98 Å². The molecule has 6 nitrogen and oxygen atoms in total. The van der Waals surface area contributed by atoms with E-state index in [9.17, 15) is 0 Å². The SMILES string of the molecule is CCCn1ccnc1CN1CCCC(c2nnc3ccccn23)C1. The number of rotatable bonds is 5. The van der Waals surface area contributed by atoms with Crippen molar-refractivity contribution in [1.29, 1.82) is 0 Å². The molecule has 1 fully saturated rings. The number of fused-ring (bicyclic) bond motifs is 1. The van der Waals surface area contributed by atoms with E-state index >= 15 is 0 Å². The number of aromatic nitrogens is 5. The van der Waals surface area contributed by atoms with Gasteiger partial charge in [0.1, 0.15) is 11.6 Å². The van der Waals surface area contributed by atoms with E-state index in [1.807, 2.05) is 24.4 Å². The van der Waals surface area contributed by atoms with Crippen LogP contribution in [0.4, 0.5) is 0 Å². The summed E-state index contributed by atoms with van der Waals surface area (Å²) in [6, 6.07) is 6.06. The molecule has 3 aromatic heterocycles. The van der Waals surface area contributed by atoms with Crippen LogP contribution in [0, 0.1) is 0 Å². The van der Waals surface area contributed by atoms with Crippen molar-refractivity contribution in [3.8, 4) is 0 Å². The van der Waals surface area contributed by atoms with Gasteiger partial charge in [0, 0.05) is 37.6 Å². The highest BCUT2D eigenvalue weighted by atomic mass is 15.3. The van der Waals surface area contributed by atoms with Crippen LogP contribution in [-0.4, -0.2) is 42.1 Å². The second-order valence-corrected chi connectivity index (χ2v) is 6.60. The Kier molecular flexibility index (Phi) is 4.30. The Bertz CT molecular complexity index is 805. The summed E-state index contributed by atoms with van der Waals surface area (Å²) in [5.74, 6) is 2.70. The molecule has 24 heavy (non-hydrogen) atoms. The smallest absolute Gasteiger partial charge is 0.160 e. The van der Waals surface area contributed by atoms with E-state index in [2.05, 4.69) is 48.4 Å². The fourth-order valence-electron chi connectivity index (χ4n) is 3.68. The van der Waals surface area contributed by atoms with Gasteiger partial charge >= 0.3 is 0 Å². The Morgan fingerprint density at radius 2 is 2.17 bits per heavy atom. The first-order valence-corrected chi connectivity index (χ1v) is 8.87. The summed E-state index contributed by atoms with van der Waals surface area (Å²) in [7, 11) is 0. The Morgan fingerprint density at radius 3 is 3.08 bits per heavy atom. The predicted molar refractivity (Wildman–Crippen MR) is 92.8 cm³/mol. The lowest BCUT2D eigenvalue weighted by Gasteiger charge is -2.31. The molecule has 1 saturated heterocycles. The topological polar surface area (TPSA) is 51.2 Å². The largest absolute Gasteiger partial charge is 0.334 e. The molecule has 126 valence electrons. The van der Waals surface area contributed by atoms with Gasteiger partial charge in [-0.05, 0) is 37.9 Å². The van der Waals surface area contributed by atoms with E-state index < -0.39 is 0 Å². The fraction of sp³-hybridized carbons (Fsp3) is 0.500. The van der Waals surface area contributed by atoms with Crippen molar-refractivity contribution < 1.29 is 0 Å². The molecule has 0 aromatic carbocycles. The maximum absolute atomic E-state index is 4.55. The molecule has 4 rings (SSSR count). The van der Waals surface area contributed by atoms with Crippen LogP contribution in [0.25, 0.3) is 5.65 Å². The van der Waals surface area contributed by atoms with Gasteiger partial charge in [-0.3, -0.25) is 9.30 Å². The highest BCUT2D eigenvalue weighted by Crippen LogP contribution is 2.26. The van der Waals surface area contributed by atoms with Crippen LogP contribution in [-0.2, 0) is 13.1 Å².